The van der Waals surface area contributed by atoms with E-state index in [1.165, 1.54) is 16.7 Å². The van der Waals surface area contributed by atoms with Crippen molar-refractivity contribution >= 4 is 5.69 Å². The summed E-state index contributed by atoms with van der Waals surface area (Å²) in [4.78, 5) is 2.06. The highest BCUT2D eigenvalue weighted by atomic mass is 16.5. The average Bonchev–Trinajstić information content (AvgIpc) is 2.41. The number of ether oxygens (including phenoxy) is 1. The Balaban J connectivity index is 2.24. The minimum absolute atomic E-state index is 0.926. The van der Waals surface area contributed by atoms with Crippen LogP contribution in [0.25, 0.3) is 0 Å². The second-order valence-electron chi connectivity index (χ2n) is 5.06. The summed E-state index contributed by atoms with van der Waals surface area (Å²) < 4.78 is 5.46. The van der Waals surface area contributed by atoms with E-state index in [-0.39, 0.29) is 0 Å². The number of hydrogen-bond acceptors (Lipinski definition) is 2. The Labute approximate surface area is 115 Å². The fraction of sp³-hybridized carbons (Fsp3) is 0.294. The second kappa shape index (κ2) is 5.79. The predicted octanol–water partition coefficient (Wildman–Crippen LogP) is 3.66. The summed E-state index contributed by atoms with van der Waals surface area (Å²) in [6.07, 6.45) is 0.935. The van der Waals surface area contributed by atoms with E-state index in [0.717, 1.165) is 17.9 Å². The van der Waals surface area contributed by atoms with Gasteiger partial charge in [0.05, 0.1) is 12.8 Å². The van der Waals surface area contributed by atoms with E-state index < -0.39 is 0 Å². The Morgan fingerprint density at radius 2 is 1.58 bits per heavy atom. The van der Waals surface area contributed by atoms with Crippen LogP contribution in [-0.2, 0) is 6.42 Å². The summed E-state index contributed by atoms with van der Waals surface area (Å²) in [5, 5.41) is 0. The molecule has 0 atom stereocenters. The van der Waals surface area contributed by atoms with Gasteiger partial charge < -0.3 is 9.64 Å². The summed E-state index contributed by atoms with van der Waals surface area (Å²) in [6.45, 7) is 2.11. The molecule has 0 saturated heterocycles. The van der Waals surface area contributed by atoms with Gasteiger partial charge in [-0.15, -0.1) is 0 Å². The van der Waals surface area contributed by atoms with Crippen molar-refractivity contribution in [2.75, 3.05) is 26.1 Å². The third-order valence-corrected chi connectivity index (χ3v) is 3.25. The Morgan fingerprint density at radius 3 is 2.16 bits per heavy atom. The molecule has 19 heavy (non-hydrogen) atoms. The van der Waals surface area contributed by atoms with Gasteiger partial charge in [0.25, 0.3) is 0 Å². The van der Waals surface area contributed by atoms with Crippen LogP contribution in [0.4, 0.5) is 5.69 Å². The maximum absolute atomic E-state index is 5.46. The number of benzene rings is 2. The maximum atomic E-state index is 5.46. The van der Waals surface area contributed by atoms with Crippen LogP contribution in [0, 0.1) is 6.92 Å². The van der Waals surface area contributed by atoms with Gasteiger partial charge in [-0.2, -0.15) is 0 Å². The molecule has 0 N–H and O–H groups in total. The zero-order valence-corrected chi connectivity index (χ0v) is 12.1. The minimum Gasteiger partial charge on any atom is -0.495 e. The molecule has 2 nitrogen and oxygen atoms in total. The lowest BCUT2D eigenvalue weighted by molar-refractivity contribution is 0.415. The molecule has 2 aromatic carbocycles. The zero-order valence-electron chi connectivity index (χ0n) is 12.1. The van der Waals surface area contributed by atoms with Crippen molar-refractivity contribution in [1.29, 1.82) is 0 Å². The van der Waals surface area contributed by atoms with Crippen LogP contribution in [0.15, 0.2) is 42.5 Å². The number of rotatable bonds is 4. The minimum atomic E-state index is 0.926. The summed E-state index contributed by atoms with van der Waals surface area (Å²) in [7, 11) is 5.77. The van der Waals surface area contributed by atoms with Crippen LogP contribution < -0.4 is 9.64 Å². The maximum Gasteiger partial charge on any atom is 0.142 e. The van der Waals surface area contributed by atoms with Crippen LogP contribution in [0.3, 0.4) is 0 Å². The van der Waals surface area contributed by atoms with Gasteiger partial charge in [0.1, 0.15) is 5.75 Å². The van der Waals surface area contributed by atoms with Crippen molar-refractivity contribution in [3.63, 3.8) is 0 Å². The molecule has 0 bridgehead atoms. The first-order valence-electron chi connectivity index (χ1n) is 6.50. The molecular weight excluding hydrogens is 234 g/mol. The van der Waals surface area contributed by atoms with Crippen molar-refractivity contribution in [2.24, 2.45) is 0 Å². The summed E-state index contributed by atoms with van der Waals surface area (Å²) in [5.41, 5.74) is 5.00. The van der Waals surface area contributed by atoms with Crippen molar-refractivity contribution in [1.82, 2.24) is 0 Å². The molecule has 0 aromatic heterocycles. The van der Waals surface area contributed by atoms with E-state index >= 15 is 0 Å². The molecule has 2 heteroatoms. The molecule has 0 radical (unpaired) electrons. The van der Waals surface area contributed by atoms with Crippen molar-refractivity contribution in [2.45, 2.75) is 13.3 Å². The lowest BCUT2D eigenvalue weighted by Gasteiger charge is -2.17. The first-order chi connectivity index (χ1) is 9.10. The van der Waals surface area contributed by atoms with Crippen LogP contribution in [0.2, 0.25) is 0 Å². The highest BCUT2D eigenvalue weighted by molar-refractivity contribution is 5.59. The van der Waals surface area contributed by atoms with Gasteiger partial charge in [-0.05, 0) is 36.6 Å². The monoisotopic (exact) mass is 255 g/mol. The smallest absolute Gasteiger partial charge is 0.142 e. The summed E-state index contributed by atoms with van der Waals surface area (Å²) in [6, 6.07) is 15.1. The Morgan fingerprint density at radius 1 is 0.947 bits per heavy atom. The van der Waals surface area contributed by atoms with E-state index in [4.69, 9.17) is 4.74 Å². The molecule has 0 fully saturated rings. The standard InChI is InChI=1S/C17H21NO/c1-13-5-7-14(8-6-13)11-15-9-10-16(18(2)3)17(12-15)19-4/h5-10,12H,11H2,1-4H3. The molecule has 0 unspecified atom stereocenters. The van der Waals surface area contributed by atoms with E-state index in [1.807, 2.05) is 14.1 Å². The van der Waals surface area contributed by atoms with Gasteiger partial charge in [-0.3, -0.25) is 0 Å². The van der Waals surface area contributed by atoms with Crippen LogP contribution in [0.5, 0.6) is 5.75 Å². The molecule has 0 aliphatic rings. The van der Waals surface area contributed by atoms with E-state index in [2.05, 4.69) is 54.3 Å². The van der Waals surface area contributed by atoms with Gasteiger partial charge in [0.15, 0.2) is 0 Å². The lowest BCUT2D eigenvalue weighted by atomic mass is 10.0. The molecule has 2 rings (SSSR count). The third kappa shape index (κ3) is 3.28. The van der Waals surface area contributed by atoms with E-state index in [0.29, 0.717) is 0 Å². The molecule has 0 saturated carbocycles. The molecule has 0 aliphatic heterocycles. The van der Waals surface area contributed by atoms with Gasteiger partial charge in [0.2, 0.25) is 0 Å². The van der Waals surface area contributed by atoms with E-state index in [9.17, 15) is 0 Å². The van der Waals surface area contributed by atoms with E-state index in [1.54, 1.807) is 7.11 Å². The third-order valence-electron chi connectivity index (χ3n) is 3.25. The highest BCUT2D eigenvalue weighted by Crippen LogP contribution is 2.28. The summed E-state index contributed by atoms with van der Waals surface area (Å²) in [5.74, 6) is 0.926. The first kappa shape index (κ1) is 13.5. The molecule has 0 amide bonds. The first-order valence-corrected chi connectivity index (χ1v) is 6.50. The van der Waals surface area contributed by atoms with Crippen LogP contribution in [-0.4, -0.2) is 21.2 Å². The van der Waals surface area contributed by atoms with Gasteiger partial charge in [-0.1, -0.05) is 35.9 Å². The zero-order chi connectivity index (χ0) is 13.8. The SMILES string of the molecule is COc1cc(Cc2ccc(C)cc2)ccc1N(C)C. The Bertz CT molecular complexity index is 544. The highest BCUT2D eigenvalue weighted by Gasteiger charge is 2.06. The normalized spacial score (nSPS) is 10.3. The number of nitrogens with zero attached hydrogens (tertiary/aromatic N) is 1. The van der Waals surface area contributed by atoms with Crippen LogP contribution in [0.1, 0.15) is 16.7 Å². The lowest BCUT2D eigenvalue weighted by Crippen LogP contribution is -2.10. The Kier molecular flexibility index (Phi) is 4.10. The largest absolute Gasteiger partial charge is 0.495 e. The fourth-order valence-electron chi connectivity index (χ4n) is 2.14. The molecule has 2 aromatic rings. The average molecular weight is 255 g/mol. The van der Waals surface area contributed by atoms with Crippen molar-refractivity contribution in [3.05, 3.63) is 59.2 Å². The van der Waals surface area contributed by atoms with Gasteiger partial charge >= 0.3 is 0 Å². The predicted molar refractivity (Wildman–Crippen MR) is 81.3 cm³/mol. The topological polar surface area (TPSA) is 12.5 Å². The molecule has 100 valence electrons. The summed E-state index contributed by atoms with van der Waals surface area (Å²) >= 11 is 0. The molecule has 0 aliphatic carbocycles. The Hall–Kier alpha value is -1.96. The number of hydrogen-bond donors (Lipinski definition) is 0. The quantitative estimate of drug-likeness (QED) is 0.826. The molecule has 0 spiro atoms. The number of aryl methyl sites for hydroxylation is 1. The fourth-order valence-corrected chi connectivity index (χ4v) is 2.14. The van der Waals surface area contributed by atoms with Gasteiger partial charge in [-0.25, -0.2) is 0 Å². The number of methoxy groups -OCH3 is 1. The second-order valence-corrected chi connectivity index (χ2v) is 5.06. The van der Waals surface area contributed by atoms with Crippen LogP contribution >= 0.6 is 0 Å². The molecular formula is C17H21NO. The van der Waals surface area contributed by atoms with Gasteiger partial charge in [0, 0.05) is 14.1 Å². The molecule has 0 heterocycles. The van der Waals surface area contributed by atoms with Crippen molar-refractivity contribution in [3.8, 4) is 5.75 Å². The number of anilines is 1. The van der Waals surface area contributed by atoms with Crippen molar-refractivity contribution < 1.29 is 4.74 Å².